The second-order valence-corrected chi connectivity index (χ2v) is 10.6. The number of nitrogens with zero attached hydrogens (tertiary/aromatic N) is 1. The molecule has 0 amide bonds. The summed E-state index contributed by atoms with van der Waals surface area (Å²) >= 11 is 1.50. The zero-order valence-corrected chi connectivity index (χ0v) is 21.6. The lowest BCUT2D eigenvalue weighted by Crippen LogP contribution is -1.83. The molecule has 1 nitrogen and oxygen atoms in total. The van der Waals surface area contributed by atoms with Crippen LogP contribution in [0.3, 0.4) is 0 Å². The van der Waals surface area contributed by atoms with Gasteiger partial charge in [-0.05, 0) is 86.6 Å². The van der Waals surface area contributed by atoms with Crippen LogP contribution in [0.15, 0.2) is 127 Å². The van der Waals surface area contributed by atoms with Crippen molar-refractivity contribution in [3.8, 4) is 44.0 Å². The van der Waals surface area contributed by atoms with Gasteiger partial charge in [0.25, 0.3) is 0 Å². The SMILES string of the molecule is Fc1ccc(-c2ccc(-c3ccc4cc(-c5ccc(-c6nc7ccc(F)cc7s6)cc5)ccc4c3)cc2)cc1. The van der Waals surface area contributed by atoms with E-state index in [0.717, 1.165) is 54.2 Å². The Morgan fingerprint density at radius 1 is 0.410 bits per heavy atom. The highest BCUT2D eigenvalue weighted by Crippen LogP contribution is 2.33. The number of fused-ring (bicyclic) bond motifs is 2. The van der Waals surface area contributed by atoms with Gasteiger partial charge in [-0.3, -0.25) is 0 Å². The minimum Gasteiger partial charge on any atom is -0.236 e. The minimum absolute atomic E-state index is 0.227. The Balaban J connectivity index is 1.13. The first-order valence-electron chi connectivity index (χ1n) is 12.7. The first kappa shape index (κ1) is 23.4. The molecule has 0 atom stereocenters. The van der Waals surface area contributed by atoms with E-state index < -0.39 is 0 Å². The van der Waals surface area contributed by atoms with Crippen LogP contribution in [0.1, 0.15) is 0 Å². The Kier molecular flexibility index (Phi) is 5.75. The van der Waals surface area contributed by atoms with E-state index >= 15 is 0 Å². The maximum absolute atomic E-state index is 13.6. The van der Waals surface area contributed by atoms with Gasteiger partial charge in [-0.15, -0.1) is 11.3 Å². The van der Waals surface area contributed by atoms with Crippen LogP contribution in [-0.2, 0) is 0 Å². The molecule has 4 heteroatoms. The average molecular weight is 526 g/mol. The molecule has 0 aliphatic carbocycles. The summed E-state index contributed by atoms with van der Waals surface area (Å²) in [5.41, 5.74) is 8.48. The van der Waals surface area contributed by atoms with Crippen molar-refractivity contribution in [3.63, 3.8) is 0 Å². The molecular formula is C35H21F2NS. The second kappa shape index (κ2) is 9.57. The fourth-order valence-corrected chi connectivity index (χ4v) is 5.93. The van der Waals surface area contributed by atoms with Crippen LogP contribution >= 0.6 is 11.3 Å². The van der Waals surface area contributed by atoms with E-state index in [1.807, 2.05) is 0 Å². The van der Waals surface area contributed by atoms with E-state index in [-0.39, 0.29) is 11.6 Å². The highest BCUT2D eigenvalue weighted by molar-refractivity contribution is 7.21. The van der Waals surface area contributed by atoms with E-state index in [4.69, 9.17) is 0 Å². The Hall–Kier alpha value is -4.67. The summed E-state index contributed by atoms with van der Waals surface area (Å²) in [6.07, 6.45) is 0. The number of aromatic nitrogens is 1. The first-order valence-corrected chi connectivity index (χ1v) is 13.5. The van der Waals surface area contributed by atoms with E-state index in [9.17, 15) is 8.78 Å². The summed E-state index contributed by atoms with van der Waals surface area (Å²) in [5, 5.41) is 3.24. The van der Waals surface area contributed by atoms with E-state index in [0.29, 0.717) is 0 Å². The molecule has 0 saturated carbocycles. The molecule has 0 bridgehead atoms. The predicted octanol–water partition coefficient (Wildman–Crippen LogP) is 10.4. The van der Waals surface area contributed by atoms with E-state index in [1.54, 1.807) is 18.2 Å². The molecule has 0 aliphatic rings. The molecule has 0 aliphatic heterocycles. The number of hydrogen-bond donors (Lipinski definition) is 0. The van der Waals surface area contributed by atoms with Gasteiger partial charge in [0.1, 0.15) is 16.6 Å². The Morgan fingerprint density at radius 3 is 1.41 bits per heavy atom. The molecule has 186 valence electrons. The highest BCUT2D eigenvalue weighted by atomic mass is 32.1. The molecular weight excluding hydrogens is 504 g/mol. The Morgan fingerprint density at radius 2 is 0.846 bits per heavy atom. The summed E-state index contributed by atoms with van der Waals surface area (Å²) in [5.74, 6) is -0.466. The molecule has 7 rings (SSSR count). The van der Waals surface area contributed by atoms with Gasteiger partial charge in [0, 0.05) is 5.56 Å². The van der Waals surface area contributed by atoms with Crippen LogP contribution in [0, 0.1) is 11.6 Å². The molecule has 0 unspecified atom stereocenters. The smallest absolute Gasteiger partial charge is 0.124 e. The van der Waals surface area contributed by atoms with Gasteiger partial charge in [0.05, 0.1) is 10.2 Å². The van der Waals surface area contributed by atoms with Gasteiger partial charge >= 0.3 is 0 Å². The average Bonchev–Trinajstić information content (AvgIpc) is 3.40. The van der Waals surface area contributed by atoms with Crippen molar-refractivity contribution < 1.29 is 8.78 Å². The Bertz CT molecular complexity index is 1950. The number of halogens is 2. The van der Waals surface area contributed by atoms with Crippen molar-refractivity contribution in [1.29, 1.82) is 0 Å². The maximum Gasteiger partial charge on any atom is 0.124 e. The zero-order chi connectivity index (χ0) is 26.3. The van der Waals surface area contributed by atoms with Gasteiger partial charge in [0.15, 0.2) is 0 Å². The van der Waals surface area contributed by atoms with Crippen molar-refractivity contribution in [1.82, 2.24) is 4.98 Å². The van der Waals surface area contributed by atoms with Crippen molar-refractivity contribution in [2.45, 2.75) is 0 Å². The Labute approximate surface area is 228 Å². The largest absolute Gasteiger partial charge is 0.236 e. The fourth-order valence-electron chi connectivity index (χ4n) is 4.93. The van der Waals surface area contributed by atoms with Gasteiger partial charge in [-0.2, -0.15) is 0 Å². The van der Waals surface area contributed by atoms with Crippen LogP contribution in [0.5, 0.6) is 0 Å². The van der Waals surface area contributed by atoms with Gasteiger partial charge in [-0.1, -0.05) is 84.9 Å². The topological polar surface area (TPSA) is 12.9 Å². The van der Waals surface area contributed by atoms with Crippen molar-refractivity contribution >= 4 is 32.3 Å². The third-order valence-corrected chi connectivity index (χ3v) is 8.12. The maximum atomic E-state index is 13.6. The van der Waals surface area contributed by atoms with Crippen LogP contribution in [0.2, 0.25) is 0 Å². The third-order valence-electron chi connectivity index (χ3n) is 7.05. The molecule has 7 aromatic rings. The van der Waals surface area contributed by atoms with Crippen molar-refractivity contribution in [2.24, 2.45) is 0 Å². The zero-order valence-electron chi connectivity index (χ0n) is 20.7. The summed E-state index contributed by atoms with van der Waals surface area (Å²) in [4.78, 5) is 4.66. The summed E-state index contributed by atoms with van der Waals surface area (Å²) in [6, 6.07) is 41.1. The molecule has 0 N–H and O–H groups in total. The molecule has 0 radical (unpaired) electrons. The number of rotatable bonds is 4. The van der Waals surface area contributed by atoms with Crippen LogP contribution in [0.4, 0.5) is 8.78 Å². The quantitative estimate of drug-likeness (QED) is 0.223. The third kappa shape index (κ3) is 4.60. The van der Waals surface area contributed by atoms with Gasteiger partial charge in [0.2, 0.25) is 0 Å². The van der Waals surface area contributed by atoms with E-state index in [2.05, 4.69) is 89.9 Å². The monoisotopic (exact) mass is 525 g/mol. The van der Waals surface area contributed by atoms with Crippen LogP contribution < -0.4 is 0 Å². The molecule has 0 spiro atoms. The number of thiazole rings is 1. The van der Waals surface area contributed by atoms with Crippen LogP contribution in [0.25, 0.3) is 64.9 Å². The normalized spacial score (nSPS) is 11.3. The molecule has 1 aromatic heterocycles. The van der Waals surface area contributed by atoms with Crippen molar-refractivity contribution in [3.05, 3.63) is 139 Å². The first-order chi connectivity index (χ1) is 19.1. The van der Waals surface area contributed by atoms with Crippen LogP contribution in [-0.4, -0.2) is 4.98 Å². The summed E-state index contributed by atoms with van der Waals surface area (Å²) < 4.78 is 27.7. The lowest BCUT2D eigenvalue weighted by molar-refractivity contribution is 0.628. The standard InChI is InChI=1S/C35H21F2NS/c36-31-15-13-23(14-16-31)22-1-3-24(4-2-22)27-9-11-30-20-28(10-12-29(30)19-27)25-5-7-26(8-6-25)35-38-33-18-17-32(37)21-34(33)39-35/h1-21H. The molecule has 0 saturated heterocycles. The van der Waals surface area contributed by atoms with Crippen molar-refractivity contribution in [2.75, 3.05) is 0 Å². The second-order valence-electron chi connectivity index (χ2n) is 9.57. The number of hydrogen-bond acceptors (Lipinski definition) is 2. The minimum atomic E-state index is -0.240. The van der Waals surface area contributed by atoms with Gasteiger partial charge < -0.3 is 0 Å². The molecule has 6 aromatic carbocycles. The molecule has 39 heavy (non-hydrogen) atoms. The molecule has 1 heterocycles. The summed E-state index contributed by atoms with van der Waals surface area (Å²) in [7, 11) is 0. The highest BCUT2D eigenvalue weighted by Gasteiger charge is 2.09. The van der Waals surface area contributed by atoms with Gasteiger partial charge in [-0.25, -0.2) is 13.8 Å². The van der Waals surface area contributed by atoms with E-state index in [1.165, 1.54) is 46.4 Å². The predicted molar refractivity (Wildman–Crippen MR) is 159 cm³/mol. The summed E-state index contributed by atoms with van der Waals surface area (Å²) in [6.45, 7) is 0. The lowest BCUT2D eigenvalue weighted by Gasteiger charge is -2.09. The fraction of sp³-hybridized carbons (Fsp3) is 0. The number of benzene rings is 6. The molecule has 0 fully saturated rings. The lowest BCUT2D eigenvalue weighted by atomic mass is 9.96.